The van der Waals surface area contributed by atoms with Crippen LogP contribution in [-0.2, 0) is 22.4 Å². The maximum atomic E-state index is 11.4. The van der Waals surface area contributed by atoms with E-state index in [4.69, 9.17) is 4.74 Å². The molecule has 0 aliphatic carbocycles. The van der Waals surface area contributed by atoms with E-state index in [1.807, 2.05) is 25.1 Å². The van der Waals surface area contributed by atoms with E-state index in [1.54, 1.807) is 0 Å². The fourth-order valence-corrected chi connectivity index (χ4v) is 1.77. The number of hydrogen-bond donors (Lipinski definition) is 1. The summed E-state index contributed by atoms with van der Waals surface area (Å²) in [6.07, 6.45) is 1.19. The number of nitrogens with zero attached hydrogens (tertiary/aromatic N) is 1. The highest BCUT2D eigenvalue weighted by Crippen LogP contribution is 2.14. The zero-order valence-electron chi connectivity index (χ0n) is 10.1. The molecular formula is C13H16N2O2. The maximum absolute atomic E-state index is 11.4. The Morgan fingerprint density at radius 1 is 1.41 bits per heavy atom. The predicted octanol–water partition coefficient (Wildman–Crippen LogP) is 2.23. The number of hydrogen-bond acceptors (Lipinski definition) is 3. The van der Waals surface area contributed by atoms with Crippen molar-refractivity contribution in [1.29, 1.82) is 0 Å². The van der Waals surface area contributed by atoms with Crippen LogP contribution >= 0.6 is 0 Å². The second kappa shape index (κ2) is 4.99. The van der Waals surface area contributed by atoms with Crippen LogP contribution in [0.2, 0.25) is 0 Å². The second-order valence-electron chi connectivity index (χ2n) is 3.87. The van der Waals surface area contributed by atoms with Gasteiger partial charge >= 0.3 is 5.97 Å². The molecule has 0 saturated carbocycles. The lowest BCUT2D eigenvalue weighted by molar-refractivity contribution is -0.142. The quantitative estimate of drug-likeness (QED) is 0.822. The summed E-state index contributed by atoms with van der Waals surface area (Å²) in [5, 5.41) is 0. The molecule has 2 aromatic rings. The van der Waals surface area contributed by atoms with Gasteiger partial charge in [-0.05, 0) is 24.6 Å². The molecule has 0 spiro atoms. The molecule has 0 aliphatic rings. The molecular weight excluding hydrogens is 216 g/mol. The monoisotopic (exact) mass is 232 g/mol. The Hall–Kier alpha value is -1.84. The zero-order valence-corrected chi connectivity index (χ0v) is 10.1. The van der Waals surface area contributed by atoms with Crippen LogP contribution in [0.15, 0.2) is 18.2 Å². The summed E-state index contributed by atoms with van der Waals surface area (Å²) >= 11 is 0. The van der Waals surface area contributed by atoms with Crippen LogP contribution in [0.5, 0.6) is 0 Å². The van der Waals surface area contributed by atoms with E-state index in [0.717, 1.165) is 28.8 Å². The first-order valence-corrected chi connectivity index (χ1v) is 5.86. The van der Waals surface area contributed by atoms with Crippen molar-refractivity contribution in [2.75, 3.05) is 6.61 Å². The number of ether oxygens (including phenoxy) is 1. The van der Waals surface area contributed by atoms with Crippen molar-refractivity contribution in [3.63, 3.8) is 0 Å². The highest BCUT2D eigenvalue weighted by atomic mass is 16.5. The van der Waals surface area contributed by atoms with E-state index in [1.165, 1.54) is 0 Å². The Labute approximate surface area is 100 Å². The van der Waals surface area contributed by atoms with E-state index < -0.39 is 0 Å². The lowest BCUT2D eigenvalue weighted by Crippen LogP contribution is -2.07. The number of nitrogens with one attached hydrogen (secondary N) is 1. The van der Waals surface area contributed by atoms with Gasteiger partial charge in [0.15, 0.2) is 0 Å². The van der Waals surface area contributed by atoms with Gasteiger partial charge in [0.05, 0.1) is 24.1 Å². The van der Waals surface area contributed by atoms with Crippen molar-refractivity contribution >= 4 is 17.0 Å². The molecule has 4 heteroatoms. The highest BCUT2D eigenvalue weighted by molar-refractivity contribution is 5.79. The van der Waals surface area contributed by atoms with E-state index in [9.17, 15) is 4.79 Å². The number of aromatic nitrogens is 2. The smallest absolute Gasteiger partial charge is 0.310 e. The average Bonchev–Trinajstić information content (AvgIpc) is 2.71. The van der Waals surface area contributed by atoms with Gasteiger partial charge in [-0.3, -0.25) is 4.79 Å². The number of imidazole rings is 1. The summed E-state index contributed by atoms with van der Waals surface area (Å²) in [5.41, 5.74) is 2.86. The minimum absolute atomic E-state index is 0.193. The molecule has 1 heterocycles. The van der Waals surface area contributed by atoms with Gasteiger partial charge in [-0.1, -0.05) is 13.0 Å². The Balaban J connectivity index is 2.21. The molecule has 1 N–H and O–H groups in total. The minimum atomic E-state index is -0.193. The molecule has 1 aromatic carbocycles. The summed E-state index contributed by atoms with van der Waals surface area (Å²) in [4.78, 5) is 19.0. The molecule has 4 nitrogen and oxygen atoms in total. The van der Waals surface area contributed by atoms with Crippen LogP contribution in [0.1, 0.15) is 25.2 Å². The summed E-state index contributed by atoms with van der Waals surface area (Å²) in [6, 6.07) is 5.80. The Bertz CT molecular complexity index is 531. The number of carbonyl (C=O) groups is 1. The summed E-state index contributed by atoms with van der Waals surface area (Å²) in [6.45, 7) is 4.28. The number of fused-ring (bicyclic) bond motifs is 1. The standard InChI is InChI=1S/C13H16N2O2/c1-3-12-14-10-6-5-9(7-11(10)15-12)8-13(16)17-4-2/h5-7H,3-4,8H2,1-2H3,(H,14,15). The molecule has 0 aliphatic heterocycles. The summed E-state index contributed by atoms with van der Waals surface area (Å²) in [7, 11) is 0. The molecule has 90 valence electrons. The number of H-pyrrole nitrogens is 1. The second-order valence-corrected chi connectivity index (χ2v) is 3.87. The first kappa shape index (κ1) is 11.6. The highest BCUT2D eigenvalue weighted by Gasteiger charge is 2.06. The van der Waals surface area contributed by atoms with E-state index in [0.29, 0.717) is 13.0 Å². The Morgan fingerprint density at radius 2 is 2.24 bits per heavy atom. The van der Waals surface area contributed by atoms with Crippen molar-refractivity contribution in [3.05, 3.63) is 29.6 Å². The molecule has 2 rings (SSSR count). The lowest BCUT2D eigenvalue weighted by Gasteiger charge is -2.01. The minimum Gasteiger partial charge on any atom is -0.466 e. The van der Waals surface area contributed by atoms with E-state index >= 15 is 0 Å². The third-order valence-electron chi connectivity index (χ3n) is 2.58. The third-order valence-corrected chi connectivity index (χ3v) is 2.58. The van der Waals surface area contributed by atoms with Crippen molar-refractivity contribution < 1.29 is 9.53 Å². The Kier molecular flexibility index (Phi) is 3.42. The molecule has 0 bridgehead atoms. The summed E-state index contributed by atoms with van der Waals surface area (Å²) in [5.74, 6) is 0.773. The number of esters is 1. The largest absolute Gasteiger partial charge is 0.466 e. The first-order chi connectivity index (χ1) is 8.22. The van der Waals surface area contributed by atoms with Crippen LogP contribution in [0.4, 0.5) is 0 Å². The number of aromatic amines is 1. The molecule has 0 unspecified atom stereocenters. The van der Waals surface area contributed by atoms with Crippen molar-refractivity contribution in [3.8, 4) is 0 Å². The zero-order chi connectivity index (χ0) is 12.3. The number of benzene rings is 1. The van der Waals surface area contributed by atoms with Crippen LogP contribution in [-0.4, -0.2) is 22.5 Å². The number of carbonyl (C=O) groups excluding carboxylic acids is 1. The predicted molar refractivity (Wildman–Crippen MR) is 65.8 cm³/mol. The van der Waals surface area contributed by atoms with Gasteiger partial charge < -0.3 is 9.72 Å². The van der Waals surface area contributed by atoms with Crippen LogP contribution in [0.25, 0.3) is 11.0 Å². The topological polar surface area (TPSA) is 55.0 Å². The summed E-state index contributed by atoms with van der Waals surface area (Å²) < 4.78 is 4.92. The van der Waals surface area contributed by atoms with Crippen molar-refractivity contribution in [1.82, 2.24) is 9.97 Å². The van der Waals surface area contributed by atoms with Gasteiger partial charge in [0, 0.05) is 6.42 Å². The fraction of sp³-hybridized carbons (Fsp3) is 0.385. The molecule has 0 amide bonds. The normalized spacial score (nSPS) is 10.7. The SMILES string of the molecule is CCOC(=O)Cc1ccc2nc(CC)[nH]c2c1. The van der Waals surface area contributed by atoms with Crippen LogP contribution < -0.4 is 0 Å². The molecule has 0 atom stereocenters. The van der Waals surface area contributed by atoms with E-state index in [-0.39, 0.29) is 5.97 Å². The van der Waals surface area contributed by atoms with E-state index in [2.05, 4.69) is 16.9 Å². The fourth-order valence-electron chi connectivity index (χ4n) is 1.77. The lowest BCUT2D eigenvalue weighted by atomic mass is 10.1. The first-order valence-electron chi connectivity index (χ1n) is 5.86. The number of aryl methyl sites for hydroxylation is 1. The van der Waals surface area contributed by atoms with Crippen LogP contribution in [0, 0.1) is 0 Å². The van der Waals surface area contributed by atoms with Gasteiger partial charge in [-0.25, -0.2) is 4.98 Å². The molecule has 0 radical (unpaired) electrons. The van der Waals surface area contributed by atoms with Gasteiger partial charge in [0.2, 0.25) is 0 Å². The average molecular weight is 232 g/mol. The van der Waals surface area contributed by atoms with Crippen LogP contribution in [0.3, 0.4) is 0 Å². The van der Waals surface area contributed by atoms with Gasteiger partial charge in [0.25, 0.3) is 0 Å². The third kappa shape index (κ3) is 2.64. The van der Waals surface area contributed by atoms with Crippen molar-refractivity contribution in [2.24, 2.45) is 0 Å². The van der Waals surface area contributed by atoms with Crippen molar-refractivity contribution in [2.45, 2.75) is 26.7 Å². The molecule has 1 aromatic heterocycles. The number of rotatable bonds is 4. The van der Waals surface area contributed by atoms with Gasteiger partial charge in [-0.2, -0.15) is 0 Å². The van der Waals surface area contributed by atoms with Gasteiger partial charge in [-0.15, -0.1) is 0 Å². The maximum Gasteiger partial charge on any atom is 0.310 e. The molecule has 0 fully saturated rings. The van der Waals surface area contributed by atoms with Gasteiger partial charge in [0.1, 0.15) is 5.82 Å². The molecule has 17 heavy (non-hydrogen) atoms. The molecule has 0 saturated heterocycles. The Morgan fingerprint density at radius 3 is 2.94 bits per heavy atom.